The fourth-order valence-corrected chi connectivity index (χ4v) is 2.33. The van der Waals surface area contributed by atoms with Gasteiger partial charge in [0, 0.05) is 31.9 Å². The minimum atomic E-state index is 0.909. The van der Waals surface area contributed by atoms with Gasteiger partial charge < -0.3 is 9.80 Å². The van der Waals surface area contributed by atoms with Crippen LogP contribution in [0.15, 0.2) is 11.8 Å². The molecule has 0 radical (unpaired) electrons. The van der Waals surface area contributed by atoms with Crippen molar-refractivity contribution >= 4 is 0 Å². The Kier molecular flexibility index (Phi) is 3.12. The maximum atomic E-state index is 2.59. The van der Waals surface area contributed by atoms with Gasteiger partial charge in [-0.3, -0.25) is 0 Å². The zero-order valence-corrected chi connectivity index (χ0v) is 9.50. The van der Waals surface area contributed by atoms with Gasteiger partial charge in [0.05, 0.1) is 0 Å². The van der Waals surface area contributed by atoms with Crippen LogP contribution in [-0.4, -0.2) is 43.0 Å². The Morgan fingerprint density at radius 3 is 2.50 bits per heavy atom. The van der Waals surface area contributed by atoms with Crippen LogP contribution in [0.2, 0.25) is 0 Å². The Labute approximate surface area is 87.6 Å². The SMILES string of the molecule is CC1CC=C(N2CCN(C)CC2)CC1. The van der Waals surface area contributed by atoms with Gasteiger partial charge >= 0.3 is 0 Å². The molecule has 0 spiro atoms. The largest absolute Gasteiger partial charge is 0.373 e. The molecule has 1 aliphatic carbocycles. The number of hydrogen-bond donors (Lipinski definition) is 0. The van der Waals surface area contributed by atoms with Crippen LogP contribution in [-0.2, 0) is 0 Å². The minimum absolute atomic E-state index is 0.909. The summed E-state index contributed by atoms with van der Waals surface area (Å²) in [5.41, 5.74) is 1.62. The van der Waals surface area contributed by atoms with Crippen molar-refractivity contribution in [3.63, 3.8) is 0 Å². The second-order valence-corrected chi connectivity index (χ2v) is 4.87. The number of allylic oxidation sites excluding steroid dienone is 2. The molecule has 2 rings (SSSR count). The first-order valence-electron chi connectivity index (χ1n) is 5.88. The van der Waals surface area contributed by atoms with Crippen LogP contribution in [0.5, 0.6) is 0 Å². The Morgan fingerprint density at radius 1 is 1.21 bits per heavy atom. The average Bonchev–Trinajstić information content (AvgIpc) is 2.21. The van der Waals surface area contributed by atoms with Gasteiger partial charge in [0.15, 0.2) is 0 Å². The van der Waals surface area contributed by atoms with E-state index in [4.69, 9.17) is 0 Å². The third-order valence-electron chi connectivity index (χ3n) is 3.56. The maximum absolute atomic E-state index is 2.59. The second kappa shape index (κ2) is 4.35. The molecule has 1 saturated heterocycles. The van der Waals surface area contributed by atoms with E-state index in [0.29, 0.717) is 0 Å². The standard InChI is InChI=1S/C12H22N2/c1-11-3-5-12(6-4-11)14-9-7-13(2)8-10-14/h5,11H,3-4,6-10H2,1-2H3. The predicted octanol–water partition coefficient (Wildman–Crippen LogP) is 1.94. The van der Waals surface area contributed by atoms with E-state index in [1.807, 2.05) is 0 Å². The van der Waals surface area contributed by atoms with Gasteiger partial charge in [-0.05, 0) is 32.2 Å². The third-order valence-corrected chi connectivity index (χ3v) is 3.56. The number of likely N-dealkylation sites (N-methyl/N-ethyl adjacent to an activating group) is 1. The molecular formula is C12H22N2. The van der Waals surface area contributed by atoms with E-state index >= 15 is 0 Å². The van der Waals surface area contributed by atoms with Gasteiger partial charge in [0.25, 0.3) is 0 Å². The van der Waals surface area contributed by atoms with Gasteiger partial charge in [-0.15, -0.1) is 0 Å². The summed E-state index contributed by atoms with van der Waals surface area (Å²) in [5.74, 6) is 0.909. The fraction of sp³-hybridized carbons (Fsp3) is 0.833. The molecule has 1 atom stereocenters. The molecule has 0 aromatic carbocycles. The minimum Gasteiger partial charge on any atom is -0.373 e. The average molecular weight is 194 g/mol. The first-order valence-corrected chi connectivity index (χ1v) is 5.88. The van der Waals surface area contributed by atoms with E-state index in [-0.39, 0.29) is 0 Å². The lowest BCUT2D eigenvalue weighted by atomic mass is 9.93. The molecule has 1 unspecified atom stereocenters. The van der Waals surface area contributed by atoms with Crippen molar-refractivity contribution in [3.05, 3.63) is 11.8 Å². The van der Waals surface area contributed by atoms with E-state index < -0.39 is 0 Å². The van der Waals surface area contributed by atoms with Gasteiger partial charge in [-0.25, -0.2) is 0 Å². The normalized spacial score (nSPS) is 30.3. The zero-order chi connectivity index (χ0) is 9.97. The van der Waals surface area contributed by atoms with E-state index in [0.717, 1.165) is 5.92 Å². The van der Waals surface area contributed by atoms with Gasteiger partial charge in [-0.1, -0.05) is 13.0 Å². The zero-order valence-electron chi connectivity index (χ0n) is 9.50. The van der Waals surface area contributed by atoms with Crippen molar-refractivity contribution in [3.8, 4) is 0 Å². The molecule has 14 heavy (non-hydrogen) atoms. The van der Waals surface area contributed by atoms with Gasteiger partial charge in [0.2, 0.25) is 0 Å². The lowest BCUT2D eigenvalue weighted by molar-refractivity contribution is 0.178. The summed E-state index contributed by atoms with van der Waals surface area (Å²) in [7, 11) is 2.22. The number of piperazine rings is 1. The predicted molar refractivity (Wildman–Crippen MR) is 60.2 cm³/mol. The molecule has 2 nitrogen and oxygen atoms in total. The highest BCUT2D eigenvalue weighted by molar-refractivity contribution is 5.06. The molecule has 1 fully saturated rings. The monoisotopic (exact) mass is 194 g/mol. The number of hydrogen-bond acceptors (Lipinski definition) is 2. The molecule has 0 N–H and O–H groups in total. The van der Waals surface area contributed by atoms with Crippen LogP contribution < -0.4 is 0 Å². The summed E-state index contributed by atoms with van der Waals surface area (Å²) >= 11 is 0. The molecule has 80 valence electrons. The Balaban J connectivity index is 1.89. The summed E-state index contributed by atoms with van der Waals surface area (Å²) in [6, 6.07) is 0. The molecule has 0 aromatic heterocycles. The summed E-state index contributed by atoms with van der Waals surface area (Å²) in [5, 5.41) is 0. The first-order chi connectivity index (χ1) is 6.75. The highest BCUT2D eigenvalue weighted by Gasteiger charge is 2.18. The Hall–Kier alpha value is -0.500. The Morgan fingerprint density at radius 2 is 1.93 bits per heavy atom. The van der Waals surface area contributed by atoms with Crippen LogP contribution in [0.25, 0.3) is 0 Å². The van der Waals surface area contributed by atoms with E-state index in [1.165, 1.54) is 45.4 Å². The third kappa shape index (κ3) is 2.30. The van der Waals surface area contributed by atoms with E-state index in [9.17, 15) is 0 Å². The van der Waals surface area contributed by atoms with Crippen LogP contribution in [0.4, 0.5) is 0 Å². The maximum Gasteiger partial charge on any atom is 0.0303 e. The lowest BCUT2D eigenvalue weighted by Crippen LogP contribution is -2.44. The molecule has 0 bridgehead atoms. The van der Waals surface area contributed by atoms with Crippen molar-refractivity contribution < 1.29 is 0 Å². The smallest absolute Gasteiger partial charge is 0.0303 e. The fourth-order valence-electron chi connectivity index (χ4n) is 2.33. The van der Waals surface area contributed by atoms with Crippen LogP contribution >= 0.6 is 0 Å². The van der Waals surface area contributed by atoms with E-state index in [2.05, 4.69) is 29.8 Å². The van der Waals surface area contributed by atoms with Crippen molar-refractivity contribution in [2.75, 3.05) is 33.2 Å². The van der Waals surface area contributed by atoms with Crippen LogP contribution in [0, 0.1) is 5.92 Å². The molecule has 0 saturated carbocycles. The topological polar surface area (TPSA) is 6.48 Å². The highest BCUT2D eigenvalue weighted by Crippen LogP contribution is 2.25. The molecule has 2 aliphatic rings. The lowest BCUT2D eigenvalue weighted by Gasteiger charge is -2.37. The molecule has 0 amide bonds. The Bertz CT molecular complexity index is 214. The molecule has 0 aromatic rings. The van der Waals surface area contributed by atoms with Crippen molar-refractivity contribution in [2.45, 2.75) is 26.2 Å². The van der Waals surface area contributed by atoms with Crippen molar-refractivity contribution in [1.29, 1.82) is 0 Å². The van der Waals surface area contributed by atoms with Gasteiger partial charge in [-0.2, -0.15) is 0 Å². The van der Waals surface area contributed by atoms with Gasteiger partial charge in [0.1, 0.15) is 0 Å². The molecule has 1 heterocycles. The molecular weight excluding hydrogens is 172 g/mol. The van der Waals surface area contributed by atoms with Crippen LogP contribution in [0.1, 0.15) is 26.2 Å². The summed E-state index contributed by atoms with van der Waals surface area (Å²) in [4.78, 5) is 5.01. The number of rotatable bonds is 1. The molecule has 1 aliphatic heterocycles. The summed E-state index contributed by atoms with van der Waals surface area (Å²) < 4.78 is 0. The molecule has 2 heteroatoms. The summed E-state index contributed by atoms with van der Waals surface area (Å²) in [6.45, 7) is 7.28. The quantitative estimate of drug-likeness (QED) is 0.629. The summed E-state index contributed by atoms with van der Waals surface area (Å²) in [6.07, 6.45) is 6.46. The second-order valence-electron chi connectivity index (χ2n) is 4.87. The van der Waals surface area contributed by atoms with Crippen molar-refractivity contribution in [2.24, 2.45) is 5.92 Å². The van der Waals surface area contributed by atoms with Crippen molar-refractivity contribution in [1.82, 2.24) is 9.80 Å². The highest BCUT2D eigenvalue weighted by atomic mass is 15.2. The van der Waals surface area contributed by atoms with E-state index in [1.54, 1.807) is 5.70 Å². The first kappa shape index (κ1) is 10.0. The van der Waals surface area contributed by atoms with Crippen LogP contribution in [0.3, 0.4) is 0 Å². The number of nitrogens with zero attached hydrogens (tertiary/aromatic N) is 2.